The maximum absolute atomic E-state index is 11.8. The molecule has 1 rings (SSSR count). The molecule has 0 bridgehead atoms. The number of hydrogen-bond acceptors (Lipinski definition) is 3. The Balaban J connectivity index is 2.42. The number of carbonyl (C=O) groups is 1. The second-order valence-electron chi connectivity index (χ2n) is 5.17. The molecule has 2 unspecified atom stereocenters. The van der Waals surface area contributed by atoms with Crippen molar-refractivity contribution in [2.24, 2.45) is 11.8 Å². The second kappa shape index (κ2) is 6.21. The summed E-state index contributed by atoms with van der Waals surface area (Å²) in [6.07, 6.45) is 1.55. The van der Waals surface area contributed by atoms with Crippen LogP contribution in [0.5, 0.6) is 0 Å². The van der Waals surface area contributed by atoms with Crippen LogP contribution in [0.3, 0.4) is 0 Å². The monoisotopic (exact) mass is 229 g/mol. The summed E-state index contributed by atoms with van der Waals surface area (Å²) < 4.78 is 0. The van der Waals surface area contributed by atoms with Crippen LogP contribution in [0.15, 0.2) is 0 Å². The third-order valence-electron chi connectivity index (χ3n) is 3.06. The van der Waals surface area contributed by atoms with Crippen molar-refractivity contribution < 1.29 is 15.0 Å². The first kappa shape index (κ1) is 13.5. The Kier molecular flexibility index (Phi) is 5.22. The normalized spacial score (nSPS) is 26.2. The van der Waals surface area contributed by atoms with Gasteiger partial charge in [0, 0.05) is 32.0 Å². The summed E-state index contributed by atoms with van der Waals surface area (Å²) in [6, 6.07) is 0. The van der Waals surface area contributed by atoms with Crippen LogP contribution in [-0.2, 0) is 4.79 Å². The molecule has 0 aliphatic carbocycles. The predicted octanol–water partition coefficient (Wildman–Crippen LogP) is 0.624. The molecule has 4 heteroatoms. The van der Waals surface area contributed by atoms with Gasteiger partial charge in [0.25, 0.3) is 0 Å². The van der Waals surface area contributed by atoms with Gasteiger partial charge in [0.2, 0.25) is 5.91 Å². The highest BCUT2D eigenvalue weighted by Crippen LogP contribution is 2.18. The van der Waals surface area contributed by atoms with E-state index in [4.69, 9.17) is 5.11 Å². The Morgan fingerprint density at radius 3 is 2.69 bits per heavy atom. The number of aliphatic hydroxyl groups excluding tert-OH is 2. The molecule has 1 heterocycles. The molecule has 2 atom stereocenters. The third-order valence-corrected chi connectivity index (χ3v) is 3.06. The van der Waals surface area contributed by atoms with E-state index >= 15 is 0 Å². The molecular weight excluding hydrogens is 206 g/mol. The second-order valence-corrected chi connectivity index (χ2v) is 5.17. The Hall–Kier alpha value is -0.610. The molecule has 1 aliphatic rings. The molecule has 2 N–H and O–H groups in total. The zero-order valence-corrected chi connectivity index (χ0v) is 10.2. The van der Waals surface area contributed by atoms with Crippen LogP contribution in [0.2, 0.25) is 0 Å². The summed E-state index contributed by atoms with van der Waals surface area (Å²) in [5.41, 5.74) is 0. The van der Waals surface area contributed by atoms with Crippen molar-refractivity contribution in [3.05, 3.63) is 0 Å². The highest BCUT2D eigenvalue weighted by atomic mass is 16.3. The van der Waals surface area contributed by atoms with Gasteiger partial charge in [0.1, 0.15) is 0 Å². The average molecular weight is 229 g/mol. The molecule has 0 saturated carbocycles. The van der Waals surface area contributed by atoms with Crippen LogP contribution >= 0.6 is 0 Å². The number of piperidine rings is 1. The molecule has 0 spiro atoms. The summed E-state index contributed by atoms with van der Waals surface area (Å²) in [4.78, 5) is 13.5. The molecule has 0 aromatic rings. The molecule has 0 aromatic carbocycles. The highest BCUT2D eigenvalue weighted by molar-refractivity contribution is 5.76. The van der Waals surface area contributed by atoms with E-state index in [-0.39, 0.29) is 18.4 Å². The SMILES string of the molecule is CC(C)CCC(=O)N1CC(O)CC(CO)C1. The molecule has 0 aromatic heterocycles. The lowest BCUT2D eigenvalue weighted by Crippen LogP contribution is -2.47. The van der Waals surface area contributed by atoms with Gasteiger partial charge in [-0.1, -0.05) is 13.8 Å². The van der Waals surface area contributed by atoms with E-state index < -0.39 is 6.10 Å². The zero-order valence-electron chi connectivity index (χ0n) is 10.2. The first-order valence-corrected chi connectivity index (χ1v) is 6.09. The quantitative estimate of drug-likeness (QED) is 0.743. The number of nitrogens with zero attached hydrogens (tertiary/aromatic N) is 1. The fourth-order valence-corrected chi connectivity index (χ4v) is 2.08. The lowest BCUT2D eigenvalue weighted by molar-refractivity contribution is -0.136. The van der Waals surface area contributed by atoms with Crippen LogP contribution in [-0.4, -0.2) is 46.8 Å². The van der Waals surface area contributed by atoms with E-state index in [0.717, 1.165) is 6.42 Å². The van der Waals surface area contributed by atoms with E-state index in [1.54, 1.807) is 4.90 Å². The molecular formula is C12H23NO3. The molecule has 16 heavy (non-hydrogen) atoms. The molecule has 4 nitrogen and oxygen atoms in total. The van der Waals surface area contributed by atoms with Gasteiger partial charge in [-0.15, -0.1) is 0 Å². The summed E-state index contributed by atoms with van der Waals surface area (Å²) >= 11 is 0. The predicted molar refractivity (Wildman–Crippen MR) is 61.9 cm³/mol. The smallest absolute Gasteiger partial charge is 0.222 e. The van der Waals surface area contributed by atoms with Gasteiger partial charge < -0.3 is 15.1 Å². The van der Waals surface area contributed by atoms with Gasteiger partial charge in [0.15, 0.2) is 0 Å². The van der Waals surface area contributed by atoms with E-state index in [9.17, 15) is 9.90 Å². The molecule has 0 radical (unpaired) electrons. The Labute approximate surface area is 97.3 Å². The van der Waals surface area contributed by atoms with Crippen LogP contribution in [0.4, 0.5) is 0 Å². The van der Waals surface area contributed by atoms with Crippen LogP contribution in [0.25, 0.3) is 0 Å². The van der Waals surface area contributed by atoms with Crippen molar-refractivity contribution in [3.63, 3.8) is 0 Å². The van der Waals surface area contributed by atoms with E-state index in [1.807, 2.05) is 0 Å². The van der Waals surface area contributed by atoms with E-state index in [2.05, 4.69) is 13.8 Å². The number of β-amino-alcohol motifs (C(OH)–C–C–N with tert-alkyl or cyclic N) is 1. The molecule has 1 aliphatic heterocycles. The van der Waals surface area contributed by atoms with Crippen molar-refractivity contribution in [1.82, 2.24) is 4.90 Å². The highest BCUT2D eigenvalue weighted by Gasteiger charge is 2.28. The minimum Gasteiger partial charge on any atom is -0.396 e. The third kappa shape index (κ3) is 4.10. The lowest BCUT2D eigenvalue weighted by atomic mass is 9.96. The van der Waals surface area contributed by atoms with Crippen molar-refractivity contribution in [2.75, 3.05) is 19.7 Å². The van der Waals surface area contributed by atoms with Gasteiger partial charge in [-0.2, -0.15) is 0 Å². The standard InChI is InChI=1S/C12H23NO3/c1-9(2)3-4-12(16)13-6-10(8-14)5-11(15)7-13/h9-11,14-15H,3-8H2,1-2H3. The van der Waals surface area contributed by atoms with Crippen molar-refractivity contribution in [1.29, 1.82) is 0 Å². The van der Waals surface area contributed by atoms with Gasteiger partial charge >= 0.3 is 0 Å². The Bertz CT molecular complexity index is 230. The number of rotatable bonds is 4. The molecule has 1 amide bonds. The summed E-state index contributed by atoms with van der Waals surface area (Å²) in [5, 5.41) is 18.7. The molecule has 1 saturated heterocycles. The van der Waals surface area contributed by atoms with Gasteiger partial charge in [-0.25, -0.2) is 0 Å². The average Bonchev–Trinajstić information content (AvgIpc) is 2.24. The van der Waals surface area contributed by atoms with E-state index in [1.165, 1.54) is 0 Å². The lowest BCUT2D eigenvalue weighted by Gasteiger charge is -2.35. The number of carbonyl (C=O) groups excluding carboxylic acids is 1. The first-order chi connectivity index (χ1) is 7.52. The summed E-state index contributed by atoms with van der Waals surface area (Å²) in [7, 11) is 0. The van der Waals surface area contributed by atoms with Gasteiger partial charge in [0.05, 0.1) is 6.10 Å². The largest absolute Gasteiger partial charge is 0.396 e. The number of hydrogen-bond donors (Lipinski definition) is 2. The van der Waals surface area contributed by atoms with Crippen molar-refractivity contribution >= 4 is 5.91 Å². The number of aliphatic hydroxyl groups is 2. The fraction of sp³-hybridized carbons (Fsp3) is 0.917. The molecule has 1 fully saturated rings. The van der Waals surface area contributed by atoms with Crippen LogP contribution in [0.1, 0.15) is 33.1 Å². The van der Waals surface area contributed by atoms with E-state index in [0.29, 0.717) is 31.8 Å². The van der Waals surface area contributed by atoms with Crippen LogP contribution < -0.4 is 0 Å². The minimum atomic E-state index is -0.478. The van der Waals surface area contributed by atoms with Crippen molar-refractivity contribution in [3.8, 4) is 0 Å². The van der Waals surface area contributed by atoms with Crippen LogP contribution in [0, 0.1) is 11.8 Å². The summed E-state index contributed by atoms with van der Waals surface area (Å²) in [6.45, 7) is 5.24. The number of likely N-dealkylation sites (tertiary alicyclic amines) is 1. The Morgan fingerprint density at radius 1 is 1.44 bits per heavy atom. The maximum Gasteiger partial charge on any atom is 0.222 e. The summed E-state index contributed by atoms with van der Waals surface area (Å²) in [5.74, 6) is 0.657. The maximum atomic E-state index is 11.8. The topological polar surface area (TPSA) is 60.8 Å². The fourth-order valence-electron chi connectivity index (χ4n) is 2.08. The number of amides is 1. The zero-order chi connectivity index (χ0) is 12.1. The van der Waals surface area contributed by atoms with Crippen molar-refractivity contribution in [2.45, 2.75) is 39.2 Å². The molecule has 94 valence electrons. The van der Waals surface area contributed by atoms with Gasteiger partial charge in [-0.05, 0) is 18.8 Å². The first-order valence-electron chi connectivity index (χ1n) is 6.09. The minimum absolute atomic E-state index is 0.0340. The Morgan fingerprint density at radius 2 is 2.12 bits per heavy atom. The van der Waals surface area contributed by atoms with Gasteiger partial charge in [-0.3, -0.25) is 4.79 Å².